The average Bonchev–Trinajstić information content (AvgIpc) is 2.53. The van der Waals surface area contributed by atoms with E-state index in [0.717, 1.165) is 25.3 Å². The predicted molar refractivity (Wildman–Crippen MR) is 83.5 cm³/mol. The van der Waals surface area contributed by atoms with Gasteiger partial charge in [-0.15, -0.1) is 0 Å². The van der Waals surface area contributed by atoms with Crippen LogP contribution in [0.25, 0.3) is 0 Å². The highest BCUT2D eigenvalue weighted by atomic mass is 16.5. The van der Waals surface area contributed by atoms with Gasteiger partial charge in [-0.2, -0.15) is 0 Å². The highest BCUT2D eigenvalue weighted by Gasteiger charge is 2.32. The van der Waals surface area contributed by atoms with Gasteiger partial charge in [0.2, 0.25) is 11.8 Å². The number of primary amides is 1. The molecule has 2 rings (SSSR count). The Bertz CT molecular complexity index is 530. The van der Waals surface area contributed by atoms with Gasteiger partial charge in [0, 0.05) is 33.1 Å². The fourth-order valence-electron chi connectivity index (χ4n) is 2.74. The zero-order valence-electron chi connectivity index (χ0n) is 13.1. The highest BCUT2D eigenvalue weighted by Crippen LogP contribution is 2.14. The zero-order valence-corrected chi connectivity index (χ0v) is 13.1. The molecule has 2 N–H and O–H groups in total. The fourth-order valence-corrected chi connectivity index (χ4v) is 2.74. The summed E-state index contributed by atoms with van der Waals surface area (Å²) in [6, 6.07) is 7.43. The van der Waals surface area contributed by atoms with Crippen LogP contribution in [0.2, 0.25) is 0 Å². The Labute approximate surface area is 130 Å². The Morgan fingerprint density at radius 1 is 1.27 bits per heavy atom. The molecule has 0 aromatic heterocycles. The molecule has 6 nitrogen and oxygen atoms in total. The number of nitrogens with zero attached hydrogens (tertiary/aromatic N) is 2. The molecule has 1 fully saturated rings. The number of piperazine rings is 1. The molecule has 0 radical (unpaired) electrons. The minimum atomic E-state index is -0.526. The molecule has 1 aromatic carbocycles. The van der Waals surface area contributed by atoms with Crippen LogP contribution in [-0.4, -0.2) is 60.9 Å². The molecule has 1 aromatic rings. The summed E-state index contributed by atoms with van der Waals surface area (Å²) in [5.74, 6) is 0.301. The summed E-state index contributed by atoms with van der Waals surface area (Å²) in [6.07, 6.45) is 0.884. The maximum atomic E-state index is 11.5. The number of amides is 2. The second kappa shape index (κ2) is 7.26. The first-order valence-electron chi connectivity index (χ1n) is 7.43. The topological polar surface area (TPSA) is 75.9 Å². The van der Waals surface area contributed by atoms with E-state index in [-0.39, 0.29) is 5.91 Å². The van der Waals surface area contributed by atoms with E-state index in [4.69, 9.17) is 10.5 Å². The van der Waals surface area contributed by atoms with Crippen LogP contribution in [0, 0.1) is 0 Å². The van der Waals surface area contributed by atoms with Gasteiger partial charge in [-0.05, 0) is 24.1 Å². The smallest absolute Gasteiger partial charge is 0.241 e. The van der Waals surface area contributed by atoms with Crippen molar-refractivity contribution in [3.8, 4) is 5.75 Å². The maximum absolute atomic E-state index is 11.5. The van der Waals surface area contributed by atoms with Crippen molar-refractivity contribution in [1.82, 2.24) is 9.80 Å². The number of ether oxygens (including phenoxy) is 1. The zero-order chi connectivity index (χ0) is 16.1. The van der Waals surface area contributed by atoms with Crippen molar-refractivity contribution >= 4 is 11.8 Å². The van der Waals surface area contributed by atoms with Gasteiger partial charge in [0.05, 0.1) is 7.11 Å². The van der Waals surface area contributed by atoms with Gasteiger partial charge < -0.3 is 15.4 Å². The van der Waals surface area contributed by atoms with Crippen LogP contribution in [0.1, 0.15) is 12.5 Å². The average molecular weight is 305 g/mol. The lowest BCUT2D eigenvalue weighted by Crippen LogP contribution is -2.59. The molecule has 1 aliphatic heterocycles. The van der Waals surface area contributed by atoms with E-state index in [1.807, 2.05) is 24.3 Å². The number of rotatable bonds is 5. The number of benzene rings is 1. The normalized spacial score (nSPS) is 19.0. The van der Waals surface area contributed by atoms with E-state index in [1.165, 1.54) is 12.5 Å². The second-order valence-corrected chi connectivity index (χ2v) is 5.53. The first kappa shape index (κ1) is 16.3. The van der Waals surface area contributed by atoms with Crippen LogP contribution in [0.15, 0.2) is 24.3 Å². The monoisotopic (exact) mass is 305 g/mol. The summed E-state index contributed by atoms with van der Waals surface area (Å²) in [6.45, 7) is 4.13. The number of carbonyl (C=O) groups excluding carboxylic acids is 2. The third-order valence-electron chi connectivity index (χ3n) is 4.07. The van der Waals surface area contributed by atoms with E-state index >= 15 is 0 Å². The van der Waals surface area contributed by atoms with Crippen LogP contribution in [0.3, 0.4) is 0 Å². The quantitative estimate of drug-likeness (QED) is 0.846. The number of carbonyl (C=O) groups is 2. The second-order valence-electron chi connectivity index (χ2n) is 5.53. The molecule has 1 aliphatic rings. The molecule has 2 amide bonds. The Kier molecular flexibility index (Phi) is 5.38. The summed E-state index contributed by atoms with van der Waals surface area (Å²) < 4.78 is 5.14. The lowest BCUT2D eigenvalue weighted by Gasteiger charge is -2.39. The minimum Gasteiger partial charge on any atom is -0.497 e. The van der Waals surface area contributed by atoms with E-state index < -0.39 is 11.9 Å². The summed E-state index contributed by atoms with van der Waals surface area (Å²) >= 11 is 0. The molecular formula is C16H23N3O3. The lowest BCUT2D eigenvalue weighted by molar-refractivity contribution is -0.141. The Balaban J connectivity index is 1.90. The van der Waals surface area contributed by atoms with E-state index in [9.17, 15) is 9.59 Å². The Hall–Kier alpha value is -2.08. The summed E-state index contributed by atoms with van der Waals surface area (Å²) in [5, 5.41) is 0. The van der Waals surface area contributed by atoms with E-state index in [1.54, 1.807) is 12.0 Å². The number of nitrogens with two attached hydrogens (primary N) is 1. The van der Waals surface area contributed by atoms with Gasteiger partial charge in [0.15, 0.2) is 0 Å². The largest absolute Gasteiger partial charge is 0.497 e. The number of hydrogen-bond donors (Lipinski definition) is 1. The third kappa shape index (κ3) is 3.98. The summed E-state index contributed by atoms with van der Waals surface area (Å²) in [5.41, 5.74) is 6.64. The van der Waals surface area contributed by atoms with Crippen molar-refractivity contribution in [2.75, 3.05) is 33.3 Å². The SMILES string of the molecule is COc1ccc(CCN2CCN(C(C)=O)[C@@H](C(N)=O)C2)cc1. The predicted octanol–water partition coefficient (Wildman–Crippen LogP) is 0.256. The molecule has 6 heteroatoms. The van der Waals surface area contributed by atoms with Crippen LogP contribution >= 0.6 is 0 Å². The van der Waals surface area contributed by atoms with Gasteiger partial charge in [0.1, 0.15) is 11.8 Å². The van der Waals surface area contributed by atoms with Crippen molar-refractivity contribution in [2.24, 2.45) is 5.73 Å². The molecule has 0 unspecified atom stereocenters. The molecule has 0 aliphatic carbocycles. The molecule has 1 saturated heterocycles. The van der Waals surface area contributed by atoms with E-state index in [0.29, 0.717) is 13.1 Å². The van der Waals surface area contributed by atoms with Crippen molar-refractivity contribution < 1.29 is 14.3 Å². The van der Waals surface area contributed by atoms with Gasteiger partial charge in [0.25, 0.3) is 0 Å². The van der Waals surface area contributed by atoms with Crippen LogP contribution in [-0.2, 0) is 16.0 Å². The van der Waals surface area contributed by atoms with Gasteiger partial charge in [-0.25, -0.2) is 0 Å². The minimum absolute atomic E-state index is 0.0985. The van der Waals surface area contributed by atoms with Crippen molar-refractivity contribution in [3.05, 3.63) is 29.8 Å². The molecule has 1 heterocycles. The highest BCUT2D eigenvalue weighted by molar-refractivity contribution is 5.86. The first-order valence-corrected chi connectivity index (χ1v) is 7.43. The number of methoxy groups -OCH3 is 1. The maximum Gasteiger partial charge on any atom is 0.241 e. The summed E-state index contributed by atoms with van der Waals surface area (Å²) in [4.78, 5) is 26.8. The molecule has 0 spiro atoms. The van der Waals surface area contributed by atoms with Crippen LogP contribution in [0.4, 0.5) is 0 Å². The molecule has 120 valence electrons. The standard InChI is InChI=1S/C16H23N3O3/c1-12(20)19-10-9-18(11-15(19)16(17)21)8-7-13-3-5-14(22-2)6-4-13/h3-6,15H,7-11H2,1-2H3,(H2,17,21)/t15-/m1/s1. The van der Waals surface area contributed by atoms with Crippen molar-refractivity contribution in [3.63, 3.8) is 0 Å². The molecular weight excluding hydrogens is 282 g/mol. The fraction of sp³-hybridized carbons (Fsp3) is 0.500. The van der Waals surface area contributed by atoms with Crippen molar-refractivity contribution in [2.45, 2.75) is 19.4 Å². The Morgan fingerprint density at radius 2 is 1.95 bits per heavy atom. The van der Waals surface area contributed by atoms with Crippen LogP contribution in [0.5, 0.6) is 5.75 Å². The first-order chi connectivity index (χ1) is 10.5. The molecule has 0 bridgehead atoms. The number of hydrogen-bond acceptors (Lipinski definition) is 4. The van der Waals surface area contributed by atoms with Crippen LogP contribution < -0.4 is 10.5 Å². The van der Waals surface area contributed by atoms with E-state index in [2.05, 4.69) is 4.90 Å². The van der Waals surface area contributed by atoms with Gasteiger partial charge in [-0.3, -0.25) is 14.5 Å². The molecule has 22 heavy (non-hydrogen) atoms. The van der Waals surface area contributed by atoms with Crippen molar-refractivity contribution in [1.29, 1.82) is 0 Å². The van der Waals surface area contributed by atoms with Gasteiger partial charge in [-0.1, -0.05) is 12.1 Å². The Morgan fingerprint density at radius 3 is 2.50 bits per heavy atom. The molecule has 0 saturated carbocycles. The van der Waals surface area contributed by atoms with Gasteiger partial charge >= 0.3 is 0 Å². The lowest BCUT2D eigenvalue weighted by atomic mass is 10.1. The third-order valence-corrected chi connectivity index (χ3v) is 4.07. The summed E-state index contributed by atoms with van der Waals surface area (Å²) in [7, 11) is 1.65. The molecule has 1 atom stereocenters.